The third-order valence-electron chi connectivity index (χ3n) is 7.62. The van der Waals surface area contributed by atoms with Crippen LogP contribution in [0.4, 0.5) is 0 Å². The predicted molar refractivity (Wildman–Crippen MR) is 118 cm³/mol. The molecule has 5 nitrogen and oxygen atoms in total. The molecule has 0 aromatic rings. The Morgan fingerprint density at radius 2 is 2.00 bits per heavy atom. The number of hydrogen-bond acceptors (Lipinski definition) is 4. The van der Waals surface area contributed by atoms with E-state index in [1.54, 1.807) is 0 Å². The van der Waals surface area contributed by atoms with Crippen LogP contribution in [0, 0.1) is 29.1 Å². The van der Waals surface area contributed by atoms with Crippen molar-refractivity contribution in [3.05, 3.63) is 47.3 Å². The molecule has 1 amide bonds. The third-order valence-corrected chi connectivity index (χ3v) is 7.62. The van der Waals surface area contributed by atoms with E-state index in [-0.39, 0.29) is 23.2 Å². The Kier molecular flexibility index (Phi) is 6.42. The van der Waals surface area contributed by atoms with Crippen molar-refractivity contribution in [3.63, 3.8) is 0 Å². The molecule has 30 heavy (non-hydrogen) atoms. The van der Waals surface area contributed by atoms with E-state index < -0.39 is 29.8 Å². The average molecular weight is 414 g/mol. The van der Waals surface area contributed by atoms with E-state index in [2.05, 4.69) is 26.0 Å². The number of rotatable bonds is 4. The van der Waals surface area contributed by atoms with E-state index in [4.69, 9.17) is 0 Å². The number of aliphatic hydroxyl groups is 2. The first-order chi connectivity index (χ1) is 14.2. The molecule has 0 aromatic carbocycles. The number of amides is 1. The molecule has 3 aliphatic rings. The van der Waals surface area contributed by atoms with Crippen molar-refractivity contribution in [1.82, 2.24) is 4.90 Å². The van der Waals surface area contributed by atoms with Crippen LogP contribution in [0.15, 0.2) is 47.3 Å². The molecule has 1 aliphatic heterocycles. The van der Waals surface area contributed by atoms with Crippen LogP contribution >= 0.6 is 0 Å². The number of likely N-dealkylation sites (N-methyl/N-ethyl adjacent to an activating group) is 1. The lowest BCUT2D eigenvalue weighted by Gasteiger charge is -2.52. The van der Waals surface area contributed by atoms with Crippen LogP contribution in [0.1, 0.15) is 47.0 Å². The van der Waals surface area contributed by atoms with E-state index in [0.717, 1.165) is 24.8 Å². The molecule has 1 saturated carbocycles. The van der Waals surface area contributed by atoms with Gasteiger partial charge in [-0.1, -0.05) is 56.2 Å². The summed E-state index contributed by atoms with van der Waals surface area (Å²) in [5.41, 5.74) is 0.259. The topological polar surface area (TPSA) is 77.8 Å². The fraction of sp³-hybridized carbons (Fsp3) is 0.600. The highest BCUT2D eigenvalue weighted by Crippen LogP contribution is 2.58. The number of hydrogen-bond donors (Lipinski definition) is 2. The van der Waals surface area contributed by atoms with Gasteiger partial charge in [-0.15, -0.1) is 0 Å². The fourth-order valence-corrected chi connectivity index (χ4v) is 5.92. The lowest BCUT2D eigenvalue weighted by atomic mass is 9.52. The lowest BCUT2D eigenvalue weighted by molar-refractivity contribution is -0.126. The molecular weight excluding hydrogens is 378 g/mol. The largest absolute Gasteiger partial charge is 0.511 e. The summed E-state index contributed by atoms with van der Waals surface area (Å²) in [6.45, 7) is 7.86. The van der Waals surface area contributed by atoms with E-state index >= 15 is 0 Å². The number of likely N-dealkylation sites (tertiary alicyclic amines) is 1. The molecule has 3 rings (SSSR count). The number of aliphatic hydroxyl groups excluding tert-OH is 2. The van der Waals surface area contributed by atoms with Gasteiger partial charge in [-0.05, 0) is 44.4 Å². The van der Waals surface area contributed by atoms with Crippen LogP contribution < -0.4 is 0 Å². The third kappa shape index (κ3) is 3.47. The quantitative estimate of drug-likeness (QED) is 0.240. The van der Waals surface area contributed by atoms with Crippen molar-refractivity contribution in [1.29, 1.82) is 0 Å². The zero-order chi connectivity index (χ0) is 22.2. The molecule has 2 N–H and O–H groups in total. The number of ketones is 1. The summed E-state index contributed by atoms with van der Waals surface area (Å²) in [7, 11) is 1.50. The Balaban J connectivity index is 2.19. The number of allylic oxidation sites excluding steroid dienone is 7. The second kappa shape index (κ2) is 8.54. The Morgan fingerprint density at radius 3 is 2.60 bits per heavy atom. The molecule has 0 bridgehead atoms. The molecule has 0 spiro atoms. The molecule has 2 aliphatic carbocycles. The Morgan fingerprint density at radius 1 is 1.30 bits per heavy atom. The summed E-state index contributed by atoms with van der Waals surface area (Å²) >= 11 is 0. The summed E-state index contributed by atoms with van der Waals surface area (Å²) in [6.07, 6.45) is 13.4. The second-order valence-corrected chi connectivity index (χ2v) is 9.47. The SMILES string of the molecule is C/C=C/C=C/C1C(C)=CC2CC(C)CCC2C1(C)C(O)=C1C(=O)C(CO)N(C)C1=O. The molecule has 0 radical (unpaired) electrons. The van der Waals surface area contributed by atoms with Gasteiger partial charge in [0.1, 0.15) is 17.4 Å². The van der Waals surface area contributed by atoms with E-state index in [0.29, 0.717) is 11.8 Å². The molecule has 2 fully saturated rings. The normalized spacial score (nSPS) is 39.1. The Labute approximate surface area is 179 Å². The number of Topliss-reactive ketones (excluding diaryl/α,β-unsaturated/α-hetero) is 1. The predicted octanol–water partition coefficient (Wildman–Crippen LogP) is 3.97. The van der Waals surface area contributed by atoms with Crippen molar-refractivity contribution in [2.75, 3.05) is 13.7 Å². The zero-order valence-electron chi connectivity index (χ0n) is 18.8. The molecule has 0 aromatic heterocycles. The van der Waals surface area contributed by atoms with Gasteiger partial charge < -0.3 is 15.1 Å². The monoisotopic (exact) mass is 413 g/mol. The van der Waals surface area contributed by atoms with E-state index in [9.17, 15) is 19.8 Å². The summed E-state index contributed by atoms with van der Waals surface area (Å²) in [6, 6.07) is -0.919. The van der Waals surface area contributed by atoms with Crippen molar-refractivity contribution in [2.45, 2.75) is 53.0 Å². The van der Waals surface area contributed by atoms with Crippen molar-refractivity contribution in [2.24, 2.45) is 29.1 Å². The summed E-state index contributed by atoms with van der Waals surface area (Å²) in [5.74, 6) is -0.128. The van der Waals surface area contributed by atoms with Gasteiger partial charge in [0.25, 0.3) is 5.91 Å². The minimum Gasteiger partial charge on any atom is -0.511 e. The lowest BCUT2D eigenvalue weighted by Crippen LogP contribution is -2.46. The molecule has 6 atom stereocenters. The fourth-order valence-electron chi connectivity index (χ4n) is 5.92. The number of carbonyl (C=O) groups is 2. The Hall–Kier alpha value is -2.14. The first-order valence-corrected chi connectivity index (χ1v) is 11.0. The zero-order valence-corrected chi connectivity index (χ0v) is 18.8. The van der Waals surface area contributed by atoms with Crippen molar-refractivity contribution >= 4 is 11.7 Å². The van der Waals surface area contributed by atoms with E-state index in [1.165, 1.54) is 11.9 Å². The summed E-state index contributed by atoms with van der Waals surface area (Å²) < 4.78 is 0. The highest BCUT2D eigenvalue weighted by molar-refractivity contribution is 6.26. The average Bonchev–Trinajstić information content (AvgIpc) is 2.91. The summed E-state index contributed by atoms with van der Waals surface area (Å²) in [5, 5.41) is 21.2. The molecular formula is C25H35NO4. The first kappa shape index (κ1) is 22.5. The number of fused-ring (bicyclic) bond motifs is 1. The van der Waals surface area contributed by atoms with Crippen LogP contribution in [-0.4, -0.2) is 46.5 Å². The maximum atomic E-state index is 13.0. The van der Waals surface area contributed by atoms with Gasteiger partial charge in [0.15, 0.2) is 5.78 Å². The smallest absolute Gasteiger partial charge is 0.261 e. The number of carbonyl (C=O) groups excluding carboxylic acids is 2. The van der Waals surface area contributed by atoms with Gasteiger partial charge in [-0.3, -0.25) is 9.59 Å². The van der Waals surface area contributed by atoms with Gasteiger partial charge in [-0.2, -0.15) is 0 Å². The molecule has 164 valence electrons. The summed E-state index contributed by atoms with van der Waals surface area (Å²) in [4.78, 5) is 27.1. The van der Waals surface area contributed by atoms with Crippen LogP contribution in [0.2, 0.25) is 0 Å². The molecule has 6 unspecified atom stereocenters. The Bertz CT molecular complexity index is 836. The van der Waals surface area contributed by atoms with Gasteiger partial charge in [0, 0.05) is 18.4 Å². The second-order valence-electron chi connectivity index (χ2n) is 9.47. The van der Waals surface area contributed by atoms with Crippen LogP contribution in [-0.2, 0) is 9.59 Å². The van der Waals surface area contributed by atoms with Crippen LogP contribution in [0.25, 0.3) is 0 Å². The van der Waals surface area contributed by atoms with Gasteiger partial charge in [-0.25, -0.2) is 0 Å². The van der Waals surface area contributed by atoms with Crippen molar-refractivity contribution < 1.29 is 19.8 Å². The molecule has 5 heteroatoms. The minimum absolute atomic E-state index is 0.104. The highest BCUT2D eigenvalue weighted by Gasteiger charge is 2.55. The van der Waals surface area contributed by atoms with E-state index in [1.807, 2.05) is 32.1 Å². The standard InChI is InChI=1S/C25H35NO4/c1-6-7-8-9-18-16(3)13-17-12-15(2)10-11-19(17)25(18,4)23(29)21-22(28)20(14-27)26(5)24(21)30/h6-9,13,15,17-20,27,29H,10-12,14H2,1-5H3/b7-6+,9-8+,23-21?. The minimum atomic E-state index is -0.919. The van der Waals surface area contributed by atoms with Gasteiger partial charge in [0.2, 0.25) is 0 Å². The van der Waals surface area contributed by atoms with Crippen molar-refractivity contribution in [3.8, 4) is 0 Å². The maximum absolute atomic E-state index is 13.0. The van der Waals surface area contributed by atoms with Gasteiger partial charge in [0.05, 0.1) is 6.61 Å². The maximum Gasteiger partial charge on any atom is 0.261 e. The highest BCUT2D eigenvalue weighted by atomic mass is 16.3. The van der Waals surface area contributed by atoms with Crippen LogP contribution in [0.5, 0.6) is 0 Å². The van der Waals surface area contributed by atoms with Gasteiger partial charge >= 0.3 is 0 Å². The molecule has 1 heterocycles. The molecule has 1 saturated heterocycles. The number of nitrogens with zero attached hydrogens (tertiary/aromatic N) is 1. The van der Waals surface area contributed by atoms with Crippen LogP contribution in [0.3, 0.4) is 0 Å². The first-order valence-electron chi connectivity index (χ1n) is 11.0.